The van der Waals surface area contributed by atoms with Crippen LogP contribution in [0.4, 0.5) is 0 Å². The Hall–Kier alpha value is -1.09. The molecule has 0 heterocycles. The van der Waals surface area contributed by atoms with Crippen molar-refractivity contribution in [1.29, 1.82) is 0 Å². The van der Waals surface area contributed by atoms with Crippen molar-refractivity contribution in [2.45, 2.75) is 4.90 Å². The Kier molecular flexibility index (Phi) is 3.92. The molecule has 0 aliphatic rings. The van der Waals surface area contributed by atoms with Crippen LogP contribution in [0.2, 0.25) is 5.02 Å². The van der Waals surface area contributed by atoms with Crippen molar-refractivity contribution < 1.29 is 22.9 Å². The summed E-state index contributed by atoms with van der Waals surface area (Å²) in [6.45, 7) is 0.0376. The van der Waals surface area contributed by atoms with Crippen molar-refractivity contribution >= 4 is 40.7 Å². The lowest BCUT2D eigenvalue weighted by atomic mass is 9.80. The van der Waals surface area contributed by atoms with E-state index in [2.05, 4.69) is 4.65 Å². The Bertz CT molecular complexity index is 505. The van der Waals surface area contributed by atoms with Gasteiger partial charge >= 0.3 is 7.12 Å². The fraction of sp³-hybridized carbons (Fsp3) is 0. The predicted molar refractivity (Wildman–Crippen MR) is 57.6 cm³/mol. The fourth-order valence-electron chi connectivity index (χ4n) is 1.02. The van der Waals surface area contributed by atoms with Crippen LogP contribution in [-0.2, 0) is 19.5 Å². The summed E-state index contributed by atoms with van der Waals surface area (Å²) in [5.74, 6) is 0. The third-order valence-electron chi connectivity index (χ3n) is 1.73. The van der Waals surface area contributed by atoms with Crippen molar-refractivity contribution in [2.24, 2.45) is 5.14 Å². The van der Waals surface area contributed by atoms with Crippen LogP contribution in [0.15, 0.2) is 23.1 Å². The number of sulfonamides is 1. The summed E-state index contributed by atoms with van der Waals surface area (Å²) in [6, 6.07) is 3.57. The molecule has 0 fully saturated rings. The molecule has 3 N–H and O–H groups in total. The second kappa shape index (κ2) is 4.83. The van der Waals surface area contributed by atoms with Gasteiger partial charge in [-0.25, -0.2) is 13.6 Å². The van der Waals surface area contributed by atoms with E-state index in [-0.39, 0.29) is 21.9 Å². The summed E-state index contributed by atoms with van der Waals surface area (Å²) >= 11 is 5.61. The van der Waals surface area contributed by atoms with E-state index >= 15 is 0 Å². The average molecular weight is 263 g/mol. The summed E-state index contributed by atoms with van der Waals surface area (Å²) in [5, 5.41) is 14.1. The Labute approximate surface area is 97.2 Å². The van der Waals surface area contributed by atoms with Gasteiger partial charge in [-0.05, 0) is 17.6 Å². The zero-order valence-electron chi connectivity index (χ0n) is 7.83. The molecule has 0 spiro atoms. The molecule has 9 heteroatoms. The lowest BCUT2D eigenvalue weighted by Crippen LogP contribution is -2.34. The van der Waals surface area contributed by atoms with Crippen molar-refractivity contribution in [1.82, 2.24) is 0 Å². The molecule has 0 aliphatic carbocycles. The normalized spacial score (nSPS) is 10.9. The maximum absolute atomic E-state index is 11.1. The Morgan fingerprint density at radius 1 is 1.50 bits per heavy atom. The molecule has 6 nitrogen and oxygen atoms in total. The quantitative estimate of drug-likeness (QED) is 0.527. The maximum Gasteiger partial charge on any atom is 0.561 e. The third kappa shape index (κ3) is 2.95. The van der Waals surface area contributed by atoms with Crippen LogP contribution >= 0.6 is 11.6 Å². The first-order chi connectivity index (χ1) is 7.36. The highest BCUT2D eigenvalue weighted by atomic mass is 35.5. The minimum absolute atomic E-state index is 0.0376. The van der Waals surface area contributed by atoms with E-state index < -0.39 is 17.1 Å². The summed E-state index contributed by atoms with van der Waals surface area (Å²) in [4.78, 5) is 9.64. The van der Waals surface area contributed by atoms with Crippen molar-refractivity contribution in [3.8, 4) is 0 Å². The average Bonchev–Trinajstić information content (AvgIpc) is 2.16. The largest absolute Gasteiger partial charge is 0.561 e. The van der Waals surface area contributed by atoms with Gasteiger partial charge in [0.25, 0.3) is 6.47 Å². The molecular formula is C7H7BClNO5S. The van der Waals surface area contributed by atoms with E-state index in [9.17, 15) is 18.2 Å². The molecule has 0 aliphatic heterocycles. The predicted octanol–water partition coefficient (Wildman–Crippen LogP) is -1.15. The van der Waals surface area contributed by atoms with Gasteiger partial charge in [-0.3, -0.25) is 4.79 Å². The number of carbonyl (C=O) groups excluding carboxylic acids is 1. The molecule has 16 heavy (non-hydrogen) atoms. The molecule has 1 rings (SSSR count). The summed E-state index contributed by atoms with van der Waals surface area (Å²) < 4.78 is 26.4. The Balaban J connectivity index is 3.22. The maximum atomic E-state index is 11.1. The summed E-state index contributed by atoms with van der Waals surface area (Å²) in [6.07, 6.45) is 0. The van der Waals surface area contributed by atoms with Crippen LogP contribution in [0, 0.1) is 0 Å². The molecule has 86 valence electrons. The van der Waals surface area contributed by atoms with Crippen molar-refractivity contribution in [2.75, 3.05) is 0 Å². The van der Waals surface area contributed by atoms with E-state index in [1.165, 1.54) is 12.1 Å². The summed E-state index contributed by atoms with van der Waals surface area (Å²) in [7, 11) is -5.55. The second-order valence-electron chi connectivity index (χ2n) is 2.82. The number of primary sulfonamides is 1. The van der Waals surface area contributed by atoms with Gasteiger partial charge in [0.2, 0.25) is 10.0 Å². The molecular weight excluding hydrogens is 256 g/mol. The van der Waals surface area contributed by atoms with Gasteiger partial charge in [-0.2, -0.15) is 0 Å². The van der Waals surface area contributed by atoms with Gasteiger partial charge < -0.3 is 9.68 Å². The minimum Gasteiger partial charge on any atom is -0.508 e. The Morgan fingerprint density at radius 2 is 2.12 bits per heavy atom. The lowest BCUT2D eigenvalue weighted by molar-refractivity contribution is -0.121. The SMILES string of the molecule is NS(=O)(=O)c1cc(B(O)OC=O)ccc1Cl. The molecule has 0 amide bonds. The van der Waals surface area contributed by atoms with Gasteiger partial charge in [-0.1, -0.05) is 17.7 Å². The molecule has 0 bridgehead atoms. The molecule has 0 unspecified atom stereocenters. The van der Waals surface area contributed by atoms with Gasteiger partial charge in [-0.15, -0.1) is 0 Å². The molecule has 0 saturated heterocycles. The van der Waals surface area contributed by atoms with Crippen LogP contribution < -0.4 is 10.6 Å². The van der Waals surface area contributed by atoms with E-state index in [1.54, 1.807) is 0 Å². The molecule has 0 radical (unpaired) electrons. The molecule has 1 aromatic rings. The van der Waals surface area contributed by atoms with E-state index in [4.69, 9.17) is 16.7 Å². The minimum atomic E-state index is -3.99. The Morgan fingerprint density at radius 3 is 2.62 bits per heavy atom. The smallest absolute Gasteiger partial charge is 0.508 e. The highest BCUT2D eigenvalue weighted by molar-refractivity contribution is 7.89. The first-order valence-corrected chi connectivity index (χ1v) is 5.88. The van der Waals surface area contributed by atoms with Gasteiger partial charge in [0.1, 0.15) is 4.90 Å². The molecule has 0 atom stereocenters. The van der Waals surface area contributed by atoms with E-state index in [0.717, 1.165) is 6.07 Å². The molecule has 0 aromatic heterocycles. The van der Waals surface area contributed by atoms with Crippen molar-refractivity contribution in [3.05, 3.63) is 23.2 Å². The number of nitrogens with two attached hydrogens (primary N) is 1. The molecule has 1 aromatic carbocycles. The monoisotopic (exact) mass is 263 g/mol. The van der Waals surface area contributed by atoms with Gasteiger partial charge in [0.15, 0.2) is 0 Å². The number of benzene rings is 1. The van der Waals surface area contributed by atoms with Crippen LogP contribution in [0.25, 0.3) is 0 Å². The first kappa shape index (κ1) is 13.0. The summed E-state index contributed by atoms with van der Waals surface area (Å²) in [5.41, 5.74) is 0.0560. The van der Waals surface area contributed by atoms with Gasteiger partial charge in [0, 0.05) is 0 Å². The van der Waals surface area contributed by atoms with Gasteiger partial charge in [0.05, 0.1) is 5.02 Å². The fourth-order valence-corrected chi connectivity index (χ4v) is 2.10. The van der Waals surface area contributed by atoms with Crippen LogP contribution in [-0.4, -0.2) is 27.0 Å². The zero-order chi connectivity index (χ0) is 12.3. The van der Waals surface area contributed by atoms with Crippen LogP contribution in [0.3, 0.4) is 0 Å². The third-order valence-corrected chi connectivity index (χ3v) is 3.12. The molecule has 0 saturated carbocycles. The lowest BCUT2D eigenvalue weighted by Gasteiger charge is -2.06. The number of hydrogen-bond donors (Lipinski definition) is 2. The highest BCUT2D eigenvalue weighted by Gasteiger charge is 2.22. The topological polar surface area (TPSA) is 107 Å². The highest BCUT2D eigenvalue weighted by Crippen LogP contribution is 2.18. The van der Waals surface area contributed by atoms with Crippen molar-refractivity contribution in [3.63, 3.8) is 0 Å². The van der Waals surface area contributed by atoms with E-state index in [0.29, 0.717) is 0 Å². The zero-order valence-corrected chi connectivity index (χ0v) is 9.40. The number of rotatable bonds is 4. The number of halogens is 1. The van der Waals surface area contributed by atoms with Crippen LogP contribution in [0.5, 0.6) is 0 Å². The van der Waals surface area contributed by atoms with E-state index in [1.807, 2.05) is 0 Å². The first-order valence-electron chi connectivity index (χ1n) is 3.95. The second-order valence-corrected chi connectivity index (χ2v) is 4.76. The number of carbonyl (C=O) groups is 1. The number of hydrogen-bond acceptors (Lipinski definition) is 5. The standard InChI is InChI=1S/C7H7BClNO5S/c9-6-2-1-5(8(12)15-4-11)3-7(6)16(10,13)14/h1-4,12H,(H2,10,13,14). The van der Waals surface area contributed by atoms with Crippen LogP contribution in [0.1, 0.15) is 0 Å².